The lowest BCUT2D eigenvalue weighted by atomic mass is 9.82. The standard InChI is InChI=1S/C12H20ClN5/c1-8-4-3-5-9(6-8)7-15-12-17-10(13)16-11(14-2)18-12/h8-9H,3-7H2,1-2H3,(H2,14,15,16,17,18). The Kier molecular flexibility index (Phi) is 4.58. The molecule has 1 heterocycles. The summed E-state index contributed by atoms with van der Waals surface area (Å²) in [5.41, 5.74) is 0. The first kappa shape index (κ1) is 13.3. The molecule has 2 unspecified atom stereocenters. The van der Waals surface area contributed by atoms with Crippen LogP contribution in [0, 0.1) is 11.8 Å². The molecule has 1 saturated carbocycles. The van der Waals surface area contributed by atoms with Crippen molar-refractivity contribution < 1.29 is 0 Å². The summed E-state index contributed by atoms with van der Waals surface area (Å²) >= 11 is 5.83. The molecule has 0 saturated heterocycles. The zero-order valence-electron chi connectivity index (χ0n) is 10.9. The zero-order chi connectivity index (χ0) is 13.0. The fourth-order valence-corrected chi connectivity index (χ4v) is 2.68. The number of nitrogens with zero attached hydrogens (tertiary/aromatic N) is 3. The number of nitrogens with one attached hydrogen (secondary N) is 2. The monoisotopic (exact) mass is 269 g/mol. The highest BCUT2D eigenvalue weighted by molar-refractivity contribution is 6.28. The summed E-state index contributed by atoms with van der Waals surface area (Å²) in [7, 11) is 1.76. The Bertz CT molecular complexity index is 398. The van der Waals surface area contributed by atoms with Crippen molar-refractivity contribution in [1.29, 1.82) is 0 Å². The van der Waals surface area contributed by atoms with Gasteiger partial charge in [-0.05, 0) is 36.3 Å². The summed E-state index contributed by atoms with van der Waals surface area (Å²) in [6, 6.07) is 0. The van der Waals surface area contributed by atoms with Crippen LogP contribution in [0.25, 0.3) is 0 Å². The molecule has 0 radical (unpaired) electrons. The molecule has 0 aromatic carbocycles. The highest BCUT2D eigenvalue weighted by Gasteiger charge is 2.18. The molecule has 0 bridgehead atoms. The molecule has 0 amide bonds. The molecule has 1 fully saturated rings. The van der Waals surface area contributed by atoms with E-state index in [1.165, 1.54) is 25.7 Å². The van der Waals surface area contributed by atoms with Gasteiger partial charge in [-0.3, -0.25) is 0 Å². The van der Waals surface area contributed by atoms with Crippen LogP contribution in [0.3, 0.4) is 0 Å². The van der Waals surface area contributed by atoms with Crippen molar-refractivity contribution in [2.75, 3.05) is 24.2 Å². The lowest BCUT2D eigenvalue weighted by molar-refractivity contribution is 0.293. The minimum atomic E-state index is 0.217. The van der Waals surface area contributed by atoms with Crippen LogP contribution >= 0.6 is 11.6 Å². The van der Waals surface area contributed by atoms with Gasteiger partial charge in [0.1, 0.15) is 0 Å². The predicted octanol–water partition coefficient (Wildman–Crippen LogP) is 2.80. The van der Waals surface area contributed by atoms with E-state index in [1.54, 1.807) is 7.05 Å². The molecule has 2 rings (SSSR count). The molecule has 0 spiro atoms. The number of rotatable bonds is 4. The van der Waals surface area contributed by atoms with Gasteiger partial charge >= 0.3 is 0 Å². The Labute approximate surface area is 113 Å². The van der Waals surface area contributed by atoms with Gasteiger partial charge in [-0.25, -0.2) is 0 Å². The van der Waals surface area contributed by atoms with Gasteiger partial charge in [-0.2, -0.15) is 15.0 Å². The molecule has 2 atom stereocenters. The zero-order valence-corrected chi connectivity index (χ0v) is 11.7. The summed E-state index contributed by atoms with van der Waals surface area (Å²) in [4.78, 5) is 12.3. The summed E-state index contributed by atoms with van der Waals surface area (Å²) in [6.45, 7) is 3.24. The van der Waals surface area contributed by atoms with Gasteiger partial charge in [-0.1, -0.05) is 19.8 Å². The highest BCUT2D eigenvalue weighted by Crippen LogP contribution is 2.28. The molecule has 1 aromatic heterocycles. The van der Waals surface area contributed by atoms with Crippen LogP contribution < -0.4 is 10.6 Å². The molecule has 6 heteroatoms. The predicted molar refractivity (Wildman–Crippen MR) is 74.0 cm³/mol. The quantitative estimate of drug-likeness (QED) is 0.880. The van der Waals surface area contributed by atoms with Gasteiger partial charge in [0.2, 0.25) is 17.2 Å². The normalized spacial score (nSPS) is 23.7. The van der Waals surface area contributed by atoms with Gasteiger partial charge in [-0.15, -0.1) is 0 Å². The Hall–Kier alpha value is -1.10. The average molecular weight is 270 g/mol. The van der Waals surface area contributed by atoms with Crippen molar-refractivity contribution in [3.63, 3.8) is 0 Å². The molecule has 18 heavy (non-hydrogen) atoms. The molecule has 0 aliphatic heterocycles. The van der Waals surface area contributed by atoms with Crippen molar-refractivity contribution >= 4 is 23.5 Å². The maximum Gasteiger partial charge on any atom is 0.228 e. The first-order valence-electron chi connectivity index (χ1n) is 6.50. The van der Waals surface area contributed by atoms with Gasteiger partial charge < -0.3 is 10.6 Å². The minimum absolute atomic E-state index is 0.217. The van der Waals surface area contributed by atoms with Gasteiger partial charge in [0.05, 0.1) is 0 Å². The molecule has 2 N–H and O–H groups in total. The molecule has 1 aliphatic rings. The van der Waals surface area contributed by atoms with Crippen molar-refractivity contribution in [3.8, 4) is 0 Å². The van der Waals surface area contributed by atoms with Gasteiger partial charge in [0.25, 0.3) is 0 Å². The SMILES string of the molecule is CNc1nc(Cl)nc(NCC2CCCC(C)C2)n1. The topological polar surface area (TPSA) is 62.7 Å². The first-order valence-corrected chi connectivity index (χ1v) is 6.88. The number of anilines is 2. The average Bonchev–Trinajstić information content (AvgIpc) is 2.36. The van der Waals surface area contributed by atoms with Gasteiger partial charge in [0.15, 0.2) is 0 Å². The van der Waals surface area contributed by atoms with E-state index in [4.69, 9.17) is 11.6 Å². The Balaban J connectivity index is 1.91. The fraction of sp³-hybridized carbons (Fsp3) is 0.750. The van der Waals surface area contributed by atoms with E-state index in [0.717, 1.165) is 12.5 Å². The molecule has 100 valence electrons. The lowest BCUT2D eigenvalue weighted by Gasteiger charge is -2.26. The maximum absolute atomic E-state index is 5.83. The number of hydrogen-bond donors (Lipinski definition) is 2. The van der Waals surface area contributed by atoms with Gasteiger partial charge in [0, 0.05) is 13.6 Å². The summed E-state index contributed by atoms with van der Waals surface area (Å²) in [5, 5.41) is 6.35. The van der Waals surface area contributed by atoms with Crippen LogP contribution in [-0.4, -0.2) is 28.5 Å². The molecular weight excluding hydrogens is 250 g/mol. The van der Waals surface area contributed by atoms with Crippen LogP contribution in [0.4, 0.5) is 11.9 Å². The van der Waals surface area contributed by atoms with E-state index >= 15 is 0 Å². The minimum Gasteiger partial charge on any atom is -0.357 e. The van der Waals surface area contributed by atoms with E-state index in [2.05, 4.69) is 32.5 Å². The van der Waals surface area contributed by atoms with Crippen LogP contribution in [-0.2, 0) is 0 Å². The summed E-state index contributed by atoms with van der Waals surface area (Å²) < 4.78 is 0. The van der Waals surface area contributed by atoms with Crippen LogP contribution in [0.2, 0.25) is 5.28 Å². The van der Waals surface area contributed by atoms with E-state index < -0.39 is 0 Å². The molecule has 5 nitrogen and oxygen atoms in total. The van der Waals surface area contributed by atoms with E-state index in [9.17, 15) is 0 Å². The second-order valence-electron chi connectivity index (χ2n) is 5.02. The van der Waals surface area contributed by atoms with E-state index in [0.29, 0.717) is 17.8 Å². The number of halogens is 1. The number of hydrogen-bond acceptors (Lipinski definition) is 5. The Morgan fingerprint density at radius 1 is 1.22 bits per heavy atom. The molecular formula is C12H20ClN5. The smallest absolute Gasteiger partial charge is 0.228 e. The summed E-state index contributed by atoms with van der Waals surface area (Å²) in [5.74, 6) is 2.59. The fourth-order valence-electron chi connectivity index (χ4n) is 2.52. The Morgan fingerprint density at radius 2 is 2.00 bits per heavy atom. The lowest BCUT2D eigenvalue weighted by Crippen LogP contribution is -2.22. The highest BCUT2D eigenvalue weighted by atomic mass is 35.5. The Morgan fingerprint density at radius 3 is 2.72 bits per heavy atom. The van der Waals surface area contributed by atoms with Crippen molar-refractivity contribution in [2.24, 2.45) is 11.8 Å². The van der Waals surface area contributed by atoms with E-state index in [-0.39, 0.29) is 5.28 Å². The third kappa shape index (κ3) is 3.70. The second kappa shape index (κ2) is 6.18. The molecule has 1 aliphatic carbocycles. The summed E-state index contributed by atoms with van der Waals surface area (Å²) in [6.07, 6.45) is 5.25. The largest absolute Gasteiger partial charge is 0.357 e. The van der Waals surface area contributed by atoms with Crippen molar-refractivity contribution in [2.45, 2.75) is 32.6 Å². The third-order valence-electron chi connectivity index (χ3n) is 3.43. The van der Waals surface area contributed by atoms with Crippen LogP contribution in [0.5, 0.6) is 0 Å². The van der Waals surface area contributed by atoms with Crippen molar-refractivity contribution in [3.05, 3.63) is 5.28 Å². The van der Waals surface area contributed by atoms with Crippen LogP contribution in [0.1, 0.15) is 32.6 Å². The van der Waals surface area contributed by atoms with E-state index in [1.807, 2.05) is 0 Å². The maximum atomic E-state index is 5.83. The molecule has 1 aromatic rings. The third-order valence-corrected chi connectivity index (χ3v) is 3.59. The van der Waals surface area contributed by atoms with Crippen LogP contribution in [0.15, 0.2) is 0 Å². The first-order chi connectivity index (χ1) is 8.67. The number of aromatic nitrogens is 3. The second-order valence-corrected chi connectivity index (χ2v) is 5.36. The van der Waals surface area contributed by atoms with Crippen molar-refractivity contribution in [1.82, 2.24) is 15.0 Å².